The molecule has 13 heavy (non-hydrogen) atoms. The zero-order valence-corrected chi connectivity index (χ0v) is 8.28. The molecule has 0 amide bonds. The van der Waals surface area contributed by atoms with Crippen LogP contribution in [0.2, 0.25) is 0 Å². The number of rotatable bonds is 0. The molecule has 0 bridgehead atoms. The summed E-state index contributed by atoms with van der Waals surface area (Å²) in [6, 6.07) is 0. The molecule has 0 saturated heterocycles. The monoisotopic (exact) mass is 175 g/mol. The van der Waals surface area contributed by atoms with Gasteiger partial charge in [-0.2, -0.15) is 0 Å². The fraction of sp³-hybridized carbons (Fsp3) is 0.462. The molecule has 0 fully saturated rings. The van der Waals surface area contributed by atoms with Gasteiger partial charge in [0.25, 0.3) is 0 Å². The molecular weight excluding hydrogens is 156 g/mol. The van der Waals surface area contributed by atoms with Crippen LogP contribution in [0.3, 0.4) is 0 Å². The molecule has 0 atom stereocenters. The Labute approximate surface area is 82.0 Å². The lowest BCUT2D eigenvalue weighted by atomic mass is 10.1. The lowest BCUT2D eigenvalue weighted by Crippen LogP contribution is -1.75. The molecule has 0 nitrogen and oxygen atoms in total. The van der Waals surface area contributed by atoms with Crippen molar-refractivity contribution in [1.82, 2.24) is 0 Å². The van der Waals surface area contributed by atoms with Gasteiger partial charge in [0.15, 0.2) is 0 Å². The van der Waals surface area contributed by atoms with Crippen molar-refractivity contribution in [2.75, 3.05) is 0 Å². The third-order valence-corrected chi connectivity index (χ3v) is 2.13. The van der Waals surface area contributed by atoms with Gasteiger partial charge in [0, 0.05) is 0 Å². The largest absolute Gasteiger partial charge is 0.0882 e. The molecule has 1 radical (unpaired) electrons. The van der Waals surface area contributed by atoms with Crippen LogP contribution in [0.5, 0.6) is 0 Å². The Morgan fingerprint density at radius 2 is 1.38 bits per heavy atom. The van der Waals surface area contributed by atoms with Gasteiger partial charge in [0.2, 0.25) is 0 Å². The topological polar surface area (TPSA) is 0 Å². The SMILES string of the molecule is [CH]1CC=CCCC=CC=CCCC1. The Bertz CT molecular complexity index is 184. The van der Waals surface area contributed by atoms with Crippen LogP contribution in [0.1, 0.15) is 38.5 Å². The molecule has 0 heteroatoms. The van der Waals surface area contributed by atoms with Crippen molar-refractivity contribution < 1.29 is 0 Å². The van der Waals surface area contributed by atoms with Crippen molar-refractivity contribution in [3.8, 4) is 0 Å². The number of hydrogen-bond donors (Lipinski definition) is 0. The standard InChI is InChI=1S/C13H19/c1-2-4-6-8-10-12-13-11-9-7-5-3-1/h1-4,9,11-12H,5-8,10,13H2. The minimum atomic E-state index is 1.15. The fourth-order valence-electron chi connectivity index (χ4n) is 1.35. The Morgan fingerprint density at radius 3 is 2.31 bits per heavy atom. The van der Waals surface area contributed by atoms with Crippen LogP contribution in [-0.4, -0.2) is 0 Å². The third kappa shape index (κ3) is 6.39. The van der Waals surface area contributed by atoms with E-state index < -0.39 is 0 Å². The van der Waals surface area contributed by atoms with Crippen molar-refractivity contribution in [3.63, 3.8) is 0 Å². The van der Waals surface area contributed by atoms with Crippen LogP contribution < -0.4 is 0 Å². The highest BCUT2D eigenvalue weighted by Crippen LogP contribution is 2.05. The Hall–Kier alpha value is -0.780. The van der Waals surface area contributed by atoms with E-state index in [2.05, 4.69) is 42.9 Å². The smallest absolute Gasteiger partial charge is 0.0313 e. The summed E-state index contributed by atoms with van der Waals surface area (Å²) in [5.41, 5.74) is 0. The Kier molecular flexibility index (Phi) is 6.22. The van der Waals surface area contributed by atoms with Gasteiger partial charge in [0.05, 0.1) is 0 Å². The molecule has 0 aliphatic heterocycles. The van der Waals surface area contributed by atoms with Crippen molar-refractivity contribution in [3.05, 3.63) is 42.9 Å². The number of hydrogen-bond acceptors (Lipinski definition) is 0. The molecule has 0 saturated carbocycles. The van der Waals surface area contributed by atoms with E-state index in [0.29, 0.717) is 0 Å². The van der Waals surface area contributed by atoms with Crippen LogP contribution in [-0.2, 0) is 0 Å². The molecule has 1 aliphatic carbocycles. The average molecular weight is 175 g/mol. The van der Waals surface area contributed by atoms with Gasteiger partial charge in [-0.3, -0.25) is 0 Å². The first-order chi connectivity index (χ1) is 6.50. The van der Waals surface area contributed by atoms with Crippen molar-refractivity contribution >= 4 is 0 Å². The summed E-state index contributed by atoms with van der Waals surface area (Å²) < 4.78 is 0. The third-order valence-electron chi connectivity index (χ3n) is 2.13. The second-order valence-corrected chi connectivity index (χ2v) is 3.36. The van der Waals surface area contributed by atoms with E-state index in [1.807, 2.05) is 0 Å². The lowest BCUT2D eigenvalue weighted by Gasteiger charge is -1.93. The normalized spacial score (nSPS) is 20.3. The second kappa shape index (κ2) is 7.85. The molecule has 1 aliphatic rings. The molecule has 0 unspecified atom stereocenters. The summed E-state index contributed by atoms with van der Waals surface area (Å²) in [6.07, 6.45) is 23.0. The first-order valence-electron chi connectivity index (χ1n) is 5.28. The van der Waals surface area contributed by atoms with Gasteiger partial charge in [-0.1, -0.05) is 36.5 Å². The van der Waals surface area contributed by atoms with E-state index in [9.17, 15) is 0 Å². The van der Waals surface area contributed by atoms with E-state index in [1.54, 1.807) is 0 Å². The minimum absolute atomic E-state index is 1.15. The van der Waals surface area contributed by atoms with Crippen LogP contribution in [0, 0.1) is 6.42 Å². The van der Waals surface area contributed by atoms with E-state index >= 15 is 0 Å². The van der Waals surface area contributed by atoms with Crippen LogP contribution in [0.4, 0.5) is 0 Å². The molecule has 0 spiro atoms. The summed E-state index contributed by atoms with van der Waals surface area (Å²) >= 11 is 0. The quantitative estimate of drug-likeness (QED) is 0.484. The molecule has 0 N–H and O–H groups in total. The van der Waals surface area contributed by atoms with Gasteiger partial charge in [-0.15, -0.1) is 0 Å². The first kappa shape index (κ1) is 10.3. The van der Waals surface area contributed by atoms with Crippen LogP contribution >= 0.6 is 0 Å². The van der Waals surface area contributed by atoms with E-state index in [-0.39, 0.29) is 0 Å². The molecule has 0 aromatic rings. The Balaban J connectivity index is 2.28. The highest BCUT2D eigenvalue weighted by Gasteiger charge is 1.86. The van der Waals surface area contributed by atoms with Gasteiger partial charge in [-0.05, 0) is 44.9 Å². The van der Waals surface area contributed by atoms with Crippen molar-refractivity contribution in [2.45, 2.75) is 38.5 Å². The predicted molar refractivity (Wildman–Crippen MR) is 59.4 cm³/mol. The highest BCUT2D eigenvalue weighted by molar-refractivity contribution is 5.03. The first-order valence-corrected chi connectivity index (χ1v) is 5.28. The summed E-state index contributed by atoms with van der Waals surface area (Å²) in [5.74, 6) is 0. The zero-order valence-electron chi connectivity index (χ0n) is 8.28. The minimum Gasteiger partial charge on any atom is -0.0882 e. The molecule has 71 valence electrons. The Morgan fingerprint density at radius 1 is 0.615 bits per heavy atom. The summed E-state index contributed by atoms with van der Waals surface area (Å²) in [5, 5.41) is 0. The maximum absolute atomic E-state index is 2.37. The van der Waals surface area contributed by atoms with Gasteiger partial charge in [-0.25, -0.2) is 0 Å². The summed E-state index contributed by atoms with van der Waals surface area (Å²) in [7, 11) is 0. The van der Waals surface area contributed by atoms with Gasteiger partial charge in [0.1, 0.15) is 0 Å². The number of allylic oxidation sites excluding steroid dienone is 6. The van der Waals surface area contributed by atoms with Crippen molar-refractivity contribution in [1.29, 1.82) is 0 Å². The van der Waals surface area contributed by atoms with E-state index in [4.69, 9.17) is 0 Å². The van der Waals surface area contributed by atoms with Crippen LogP contribution in [0.25, 0.3) is 0 Å². The maximum Gasteiger partial charge on any atom is -0.0313 e. The molecule has 0 aromatic carbocycles. The van der Waals surface area contributed by atoms with E-state index in [0.717, 1.165) is 6.42 Å². The van der Waals surface area contributed by atoms with Gasteiger partial charge < -0.3 is 0 Å². The molecule has 0 aromatic heterocycles. The summed E-state index contributed by atoms with van der Waals surface area (Å²) in [6.45, 7) is 0. The predicted octanol–water partition coefficient (Wildman–Crippen LogP) is 4.21. The molecule has 0 heterocycles. The molecule has 1 rings (SSSR count). The zero-order chi connectivity index (χ0) is 9.19. The summed E-state index contributed by atoms with van der Waals surface area (Å²) in [4.78, 5) is 0. The fourth-order valence-corrected chi connectivity index (χ4v) is 1.35. The lowest BCUT2D eigenvalue weighted by molar-refractivity contribution is 0.811. The van der Waals surface area contributed by atoms with E-state index in [1.165, 1.54) is 32.1 Å². The highest BCUT2D eigenvalue weighted by atomic mass is 13.9. The van der Waals surface area contributed by atoms with Crippen molar-refractivity contribution in [2.24, 2.45) is 0 Å². The maximum atomic E-state index is 2.37. The van der Waals surface area contributed by atoms with Crippen LogP contribution in [0.15, 0.2) is 36.5 Å². The van der Waals surface area contributed by atoms with Gasteiger partial charge >= 0.3 is 0 Å². The average Bonchev–Trinajstić information content (AvgIpc) is 2.18. The molecular formula is C13H19. The second-order valence-electron chi connectivity index (χ2n) is 3.36.